The fourth-order valence-corrected chi connectivity index (χ4v) is 2.07. The first-order valence-electron chi connectivity index (χ1n) is 7.63. The van der Waals surface area contributed by atoms with Gasteiger partial charge in [0, 0.05) is 6.20 Å². The molecule has 0 spiro atoms. The third kappa shape index (κ3) is 6.55. The number of carbonyl (C=O) groups excluding carboxylic acids is 1. The maximum absolute atomic E-state index is 11.7. The summed E-state index contributed by atoms with van der Waals surface area (Å²) in [4.78, 5) is 15.6. The monoisotopic (exact) mass is 278 g/mol. The van der Waals surface area contributed by atoms with Gasteiger partial charge in [-0.3, -0.25) is 0 Å². The van der Waals surface area contributed by atoms with Crippen LogP contribution in [0.3, 0.4) is 0 Å². The standard InChI is InChI=1S/C16H26N2O2/c1-2-3-4-5-6-7-8-9-13-20-16(19)14-11-10-12-18-15(14)17/h10-12H,2-9,13H2,1H3,(H2,17,18). The van der Waals surface area contributed by atoms with Gasteiger partial charge in [-0.15, -0.1) is 0 Å². The summed E-state index contributed by atoms with van der Waals surface area (Å²) >= 11 is 0. The first-order valence-corrected chi connectivity index (χ1v) is 7.63. The van der Waals surface area contributed by atoms with Crippen molar-refractivity contribution in [1.29, 1.82) is 0 Å². The second-order valence-electron chi connectivity index (χ2n) is 5.05. The Kier molecular flexibility index (Phi) is 8.43. The Balaban J connectivity index is 2.04. The molecule has 1 rings (SSSR count). The number of rotatable bonds is 10. The highest BCUT2D eigenvalue weighted by Crippen LogP contribution is 2.11. The molecular formula is C16H26N2O2. The highest BCUT2D eigenvalue weighted by molar-refractivity contribution is 5.93. The summed E-state index contributed by atoms with van der Waals surface area (Å²) in [6, 6.07) is 3.32. The Hall–Kier alpha value is -1.58. The summed E-state index contributed by atoms with van der Waals surface area (Å²) < 4.78 is 5.20. The van der Waals surface area contributed by atoms with Crippen LogP contribution in [-0.4, -0.2) is 17.6 Å². The number of ether oxygens (including phenoxy) is 1. The minimum atomic E-state index is -0.376. The largest absolute Gasteiger partial charge is 0.462 e. The van der Waals surface area contributed by atoms with E-state index in [1.807, 2.05) is 0 Å². The first kappa shape index (κ1) is 16.5. The van der Waals surface area contributed by atoms with Crippen molar-refractivity contribution in [3.8, 4) is 0 Å². The number of nitrogen functional groups attached to an aromatic ring is 1. The molecular weight excluding hydrogens is 252 g/mol. The van der Waals surface area contributed by atoms with Crippen LogP contribution in [-0.2, 0) is 4.74 Å². The Morgan fingerprint density at radius 1 is 1.15 bits per heavy atom. The summed E-state index contributed by atoms with van der Waals surface area (Å²) in [5.41, 5.74) is 5.97. The van der Waals surface area contributed by atoms with E-state index in [1.54, 1.807) is 18.3 Å². The molecule has 0 aromatic carbocycles. The zero-order chi connectivity index (χ0) is 14.6. The van der Waals surface area contributed by atoms with Gasteiger partial charge in [0.25, 0.3) is 0 Å². The molecule has 0 saturated heterocycles. The number of nitrogens with zero attached hydrogens (tertiary/aromatic N) is 1. The van der Waals surface area contributed by atoms with Crippen LogP contribution in [0.15, 0.2) is 18.3 Å². The van der Waals surface area contributed by atoms with Crippen LogP contribution >= 0.6 is 0 Å². The molecule has 2 N–H and O–H groups in total. The summed E-state index contributed by atoms with van der Waals surface area (Å²) in [5, 5.41) is 0. The lowest BCUT2D eigenvalue weighted by Gasteiger charge is -2.06. The molecule has 4 heteroatoms. The van der Waals surface area contributed by atoms with Gasteiger partial charge in [0.05, 0.1) is 6.61 Å². The first-order chi connectivity index (χ1) is 9.75. The van der Waals surface area contributed by atoms with Crippen molar-refractivity contribution < 1.29 is 9.53 Å². The smallest absolute Gasteiger partial charge is 0.341 e. The average molecular weight is 278 g/mol. The summed E-state index contributed by atoms with van der Waals surface area (Å²) in [7, 11) is 0. The zero-order valence-electron chi connectivity index (χ0n) is 12.4. The van der Waals surface area contributed by atoms with Gasteiger partial charge >= 0.3 is 5.97 Å². The zero-order valence-corrected chi connectivity index (χ0v) is 12.4. The normalized spacial score (nSPS) is 10.4. The molecule has 0 unspecified atom stereocenters. The number of hydrogen-bond donors (Lipinski definition) is 1. The highest BCUT2D eigenvalue weighted by Gasteiger charge is 2.10. The van der Waals surface area contributed by atoms with Crippen LogP contribution in [0.4, 0.5) is 5.82 Å². The SMILES string of the molecule is CCCCCCCCCCOC(=O)c1cccnc1N. The number of nitrogens with two attached hydrogens (primary N) is 1. The Morgan fingerprint density at radius 3 is 2.45 bits per heavy atom. The number of hydrogen-bond acceptors (Lipinski definition) is 4. The lowest BCUT2D eigenvalue weighted by atomic mass is 10.1. The van der Waals surface area contributed by atoms with Crippen LogP contribution in [0.1, 0.15) is 68.6 Å². The van der Waals surface area contributed by atoms with Crippen LogP contribution in [0, 0.1) is 0 Å². The number of carbonyl (C=O) groups is 1. The second-order valence-corrected chi connectivity index (χ2v) is 5.05. The third-order valence-corrected chi connectivity index (χ3v) is 3.29. The maximum atomic E-state index is 11.7. The van der Waals surface area contributed by atoms with Gasteiger partial charge in [0.15, 0.2) is 0 Å². The maximum Gasteiger partial charge on any atom is 0.341 e. The molecule has 4 nitrogen and oxygen atoms in total. The predicted molar refractivity (Wildman–Crippen MR) is 81.5 cm³/mol. The lowest BCUT2D eigenvalue weighted by Crippen LogP contribution is -2.10. The summed E-state index contributed by atoms with van der Waals surface area (Å²) in [6.07, 6.45) is 11.4. The van der Waals surface area contributed by atoms with Crippen LogP contribution in [0.5, 0.6) is 0 Å². The van der Waals surface area contributed by atoms with Crippen molar-refractivity contribution >= 4 is 11.8 Å². The molecule has 112 valence electrons. The second kappa shape index (κ2) is 10.2. The van der Waals surface area contributed by atoms with E-state index in [4.69, 9.17) is 10.5 Å². The Morgan fingerprint density at radius 2 is 1.80 bits per heavy atom. The molecule has 0 aliphatic heterocycles. The van der Waals surface area contributed by atoms with E-state index in [0.717, 1.165) is 12.8 Å². The minimum absolute atomic E-state index is 0.230. The van der Waals surface area contributed by atoms with Gasteiger partial charge in [-0.1, -0.05) is 51.9 Å². The van der Waals surface area contributed by atoms with Gasteiger partial charge < -0.3 is 10.5 Å². The molecule has 1 aromatic rings. The van der Waals surface area contributed by atoms with E-state index >= 15 is 0 Å². The predicted octanol–water partition coefficient (Wildman–Crippen LogP) is 3.96. The Bertz CT molecular complexity index is 394. The van der Waals surface area contributed by atoms with Gasteiger partial charge in [-0.2, -0.15) is 0 Å². The van der Waals surface area contributed by atoms with Gasteiger partial charge in [0.1, 0.15) is 11.4 Å². The molecule has 0 radical (unpaired) electrons. The van der Waals surface area contributed by atoms with Crippen LogP contribution in [0.2, 0.25) is 0 Å². The van der Waals surface area contributed by atoms with Crippen molar-refractivity contribution in [3.05, 3.63) is 23.9 Å². The molecule has 0 aliphatic rings. The fourth-order valence-electron chi connectivity index (χ4n) is 2.07. The van der Waals surface area contributed by atoms with Gasteiger partial charge in [-0.25, -0.2) is 9.78 Å². The molecule has 20 heavy (non-hydrogen) atoms. The van der Waals surface area contributed by atoms with E-state index in [-0.39, 0.29) is 11.8 Å². The van der Waals surface area contributed by atoms with E-state index in [2.05, 4.69) is 11.9 Å². The van der Waals surface area contributed by atoms with Crippen molar-refractivity contribution in [2.75, 3.05) is 12.3 Å². The summed E-state index contributed by atoms with van der Waals surface area (Å²) in [5.74, 6) is -0.146. The molecule has 0 bridgehead atoms. The van der Waals surface area contributed by atoms with Gasteiger partial charge in [-0.05, 0) is 18.6 Å². The molecule has 0 amide bonds. The molecule has 0 saturated carbocycles. The molecule has 1 aromatic heterocycles. The third-order valence-electron chi connectivity index (χ3n) is 3.29. The van der Waals surface area contributed by atoms with Crippen molar-refractivity contribution in [2.24, 2.45) is 0 Å². The highest BCUT2D eigenvalue weighted by atomic mass is 16.5. The van der Waals surface area contributed by atoms with E-state index in [9.17, 15) is 4.79 Å². The van der Waals surface area contributed by atoms with Crippen LogP contribution in [0.25, 0.3) is 0 Å². The molecule has 0 fully saturated rings. The van der Waals surface area contributed by atoms with Crippen molar-refractivity contribution in [2.45, 2.75) is 58.3 Å². The van der Waals surface area contributed by atoms with E-state index in [1.165, 1.54) is 38.5 Å². The molecule has 0 aliphatic carbocycles. The quantitative estimate of drug-likeness (QED) is 0.519. The van der Waals surface area contributed by atoms with Crippen LogP contribution < -0.4 is 5.73 Å². The minimum Gasteiger partial charge on any atom is -0.462 e. The number of aromatic nitrogens is 1. The van der Waals surface area contributed by atoms with Gasteiger partial charge in [0.2, 0.25) is 0 Å². The van der Waals surface area contributed by atoms with E-state index < -0.39 is 0 Å². The summed E-state index contributed by atoms with van der Waals surface area (Å²) in [6.45, 7) is 2.69. The number of anilines is 1. The Labute approximate surface area is 121 Å². The van der Waals surface area contributed by atoms with E-state index in [0.29, 0.717) is 12.2 Å². The van der Waals surface area contributed by atoms with Crippen molar-refractivity contribution in [3.63, 3.8) is 0 Å². The van der Waals surface area contributed by atoms with Crippen molar-refractivity contribution in [1.82, 2.24) is 4.98 Å². The number of pyridine rings is 1. The topological polar surface area (TPSA) is 65.2 Å². The average Bonchev–Trinajstić information content (AvgIpc) is 2.46. The number of esters is 1. The molecule has 1 heterocycles. The molecule has 0 atom stereocenters. The number of unbranched alkanes of at least 4 members (excludes halogenated alkanes) is 7. The fraction of sp³-hybridized carbons (Fsp3) is 0.625. The lowest BCUT2D eigenvalue weighted by molar-refractivity contribution is 0.0498.